The molecule has 0 N–H and O–H groups in total. The molecule has 0 spiro atoms. The second-order valence-electron chi connectivity index (χ2n) is 3.24. The van der Waals surface area contributed by atoms with Crippen molar-refractivity contribution in [2.24, 2.45) is 0 Å². The van der Waals surface area contributed by atoms with Gasteiger partial charge in [-0.3, -0.25) is 0 Å². The summed E-state index contributed by atoms with van der Waals surface area (Å²) in [5.41, 5.74) is 0. The number of hydrogen-bond donors (Lipinski definition) is 0. The zero-order valence-electron chi connectivity index (χ0n) is 7.20. The van der Waals surface area contributed by atoms with Gasteiger partial charge in [-0.15, -0.1) is 0 Å². The molecular weight excluding hydrogens is 182 g/mol. The molecule has 1 aliphatic heterocycles. The third-order valence-corrected chi connectivity index (χ3v) is 4.28. The highest BCUT2D eigenvalue weighted by Crippen LogP contribution is 2.33. The number of hydrogen-bond acceptors (Lipinski definition) is 4. The van der Waals surface area contributed by atoms with Crippen molar-refractivity contribution in [2.75, 3.05) is 13.7 Å². The Hall–Kier alpha value is -0.780. The van der Waals surface area contributed by atoms with Gasteiger partial charge in [0.1, 0.15) is 4.75 Å². The summed E-state index contributed by atoms with van der Waals surface area (Å²) in [7, 11) is -2.30. The monoisotopic (exact) mass is 193 g/mol. The Kier molecular flexibility index (Phi) is 1.82. The van der Waals surface area contributed by atoms with Crippen LogP contribution in [0, 0.1) is 0 Å². The molecule has 5 nitrogen and oxygen atoms in total. The molecule has 6 heteroatoms. The van der Waals surface area contributed by atoms with Gasteiger partial charge in [-0.1, -0.05) is 0 Å². The third kappa shape index (κ3) is 0.979. The van der Waals surface area contributed by atoms with Gasteiger partial charge in [-0.25, -0.2) is 17.5 Å². The lowest BCUT2D eigenvalue weighted by Gasteiger charge is -2.42. The molecule has 0 saturated carbocycles. The van der Waals surface area contributed by atoms with Crippen LogP contribution in [0.2, 0.25) is 0 Å². The maximum Gasteiger partial charge on any atom is 0.423 e. The average Bonchev–Trinajstić information content (AvgIpc) is 1.99. The van der Waals surface area contributed by atoms with Crippen molar-refractivity contribution in [3.8, 4) is 0 Å². The summed E-state index contributed by atoms with van der Waals surface area (Å²) < 4.78 is 26.8. The number of ether oxygens (including phenoxy) is 1. The number of sulfonamides is 1. The van der Waals surface area contributed by atoms with Crippen molar-refractivity contribution >= 4 is 16.1 Å². The van der Waals surface area contributed by atoms with Crippen LogP contribution in [0.25, 0.3) is 0 Å². The molecule has 1 heterocycles. The molecule has 1 aliphatic rings. The van der Waals surface area contributed by atoms with Gasteiger partial charge in [0.05, 0.1) is 13.7 Å². The molecule has 0 radical (unpaired) electrons. The van der Waals surface area contributed by atoms with Crippen molar-refractivity contribution in [3.05, 3.63) is 0 Å². The van der Waals surface area contributed by atoms with Crippen LogP contribution < -0.4 is 0 Å². The average molecular weight is 193 g/mol. The predicted molar refractivity (Wildman–Crippen MR) is 42.1 cm³/mol. The Morgan fingerprint density at radius 2 is 2.00 bits per heavy atom. The lowest BCUT2D eigenvalue weighted by molar-refractivity contribution is 0.137. The number of carbonyl (C=O) groups is 1. The van der Waals surface area contributed by atoms with E-state index >= 15 is 0 Å². The quantitative estimate of drug-likeness (QED) is 0.550. The van der Waals surface area contributed by atoms with E-state index in [-0.39, 0.29) is 6.54 Å². The maximum atomic E-state index is 11.3. The van der Waals surface area contributed by atoms with Crippen molar-refractivity contribution in [2.45, 2.75) is 18.6 Å². The Morgan fingerprint density at radius 3 is 2.25 bits per heavy atom. The first-order valence-electron chi connectivity index (χ1n) is 3.43. The summed E-state index contributed by atoms with van der Waals surface area (Å²) in [6.45, 7) is 3.34. The predicted octanol–water partition coefficient (Wildman–Crippen LogP) is 0.177. The first kappa shape index (κ1) is 9.31. The van der Waals surface area contributed by atoms with Gasteiger partial charge in [-0.05, 0) is 13.8 Å². The molecule has 0 aromatic heterocycles. The molecule has 0 unspecified atom stereocenters. The van der Waals surface area contributed by atoms with Crippen LogP contribution in [0.1, 0.15) is 13.8 Å². The van der Waals surface area contributed by atoms with E-state index in [1.165, 1.54) is 0 Å². The summed E-state index contributed by atoms with van der Waals surface area (Å²) >= 11 is 0. The molecule has 0 aromatic rings. The molecule has 1 saturated heterocycles. The van der Waals surface area contributed by atoms with E-state index in [1.54, 1.807) is 13.8 Å². The molecular formula is C6H11NO4S. The summed E-state index contributed by atoms with van der Waals surface area (Å²) in [4.78, 5) is 10.8. The lowest BCUT2D eigenvalue weighted by Crippen LogP contribution is -2.64. The van der Waals surface area contributed by atoms with Crippen molar-refractivity contribution < 1.29 is 17.9 Å². The van der Waals surface area contributed by atoms with E-state index < -0.39 is 20.9 Å². The summed E-state index contributed by atoms with van der Waals surface area (Å²) in [5.74, 6) is 0. The molecule has 1 fully saturated rings. The van der Waals surface area contributed by atoms with E-state index in [0.717, 1.165) is 11.4 Å². The van der Waals surface area contributed by atoms with Gasteiger partial charge < -0.3 is 4.74 Å². The third-order valence-electron chi connectivity index (χ3n) is 1.89. The topological polar surface area (TPSA) is 63.7 Å². The highest BCUT2D eigenvalue weighted by atomic mass is 32.2. The Labute approximate surface area is 71.4 Å². The molecule has 0 atom stereocenters. The summed E-state index contributed by atoms with van der Waals surface area (Å²) in [6, 6.07) is 0. The molecule has 0 aromatic carbocycles. The van der Waals surface area contributed by atoms with Gasteiger partial charge in [0.15, 0.2) is 0 Å². The van der Waals surface area contributed by atoms with Crippen LogP contribution in [0.15, 0.2) is 0 Å². The largest absolute Gasteiger partial charge is 0.452 e. The van der Waals surface area contributed by atoms with E-state index in [9.17, 15) is 13.2 Å². The first-order chi connectivity index (χ1) is 5.33. The standard InChI is InChI=1S/C6H11NO4S/c1-6(2)4-7(5(8)11-3)12(6,9)10/h4H2,1-3H3. The summed E-state index contributed by atoms with van der Waals surface area (Å²) in [5, 5.41) is 0. The summed E-state index contributed by atoms with van der Waals surface area (Å²) in [6.07, 6.45) is -0.811. The number of methoxy groups -OCH3 is 1. The van der Waals surface area contributed by atoms with Crippen LogP contribution >= 0.6 is 0 Å². The van der Waals surface area contributed by atoms with E-state index in [1.807, 2.05) is 0 Å². The normalized spacial score (nSPS) is 24.4. The minimum absolute atomic E-state index is 0.196. The Bertz CT molecular complexity index is 306. The van der Waals surface area contributed by atoms with Crippen molar-refractivity contribution in [1.82, 2.24) is 4.31 Å². The SMILES string of the molecule is COC(=O)N1CC(C)(C)S1(=O)=O. The van der Waals surface area contributed by atoms with Gasteiger partial charge in [-0.2, -0.15) is 0 Å². The second kappa shape index (κ2) is 2.35. The minimum atomic E-state index is -3.45. The molecule has 0 bridgehead atoms. The molecule has 0 aliphatic carbocycles. The van der Waals surface area contributed by atoms with Crippen LogP contribution in [-0.4, -0.2) is 37.2 Å². The molecule has 70 valence electrons. The minimum Gasteiger partial charge on any atom is -0.452 e. The van der Waals surface area contributed by atoms with Gasteiger partial charge in [0, 0.05) is 0 Å². The zero-order chi connectivity index (χ0) is 9.57. The Balaban J connectivity index is 2.88. The van der Waals surface area contributed by atoms with Crippen LogP contribution in [0.4, 0.5) is 4.79 Å². The van der Waals surface area contributed by atoms with E-state index in [0.29, 0.717) is 0 Å². The van der Waals surface area contributed by atoms with Crippen molar-refractivity contribution in [3.63, 3.8) is 0 Å². The van der Waals surface area contributed by atoms with Crippen molar-refractivity contribution in [1.29, 1.82) is 0 Å². The van der Waals surface area contributed by atoms with E-state index in [4.69, 9.17) is 0 Å². The van der Waals surface area contributed by atoms with Crippen LogP contribution in [-0.2, 0) is 14.8 Å². The number of amides is 1. The zero-order valence-corrected chi connectivity index (χ0v) is 8.01. The molecule has 1 amide bonds. The van der Waals surface area contributed by atoms with Crippen LogP contribution in [0.3, 0.4) is 0 Å². The molecule has 12 heavy (non-hydrogen) atoms. The smallest absolute Gasteiger partial charge is 0.423 e. The molecule has 1 rings (SSSR count). The number of rotatable bonds is 0. The second-order valence-corrected chi connectivity index (χ2v) is 5.74. The number of nitrogens with zero attached hydrogens (tertiary/aromatic N) is 1. The Morgan fingerprint density at radius 1 is 1.50 bits per heavy atom. The first-order valence-corrected chi connectivity index (χ1v) is 4.87. The highest BCUT2D eigenvalue weighted by Gasteiger charge is 2.54. The highest BCUT2D eigenvalue weighted by molar-refractivity contribution is 7.92. The van der Waals surface area contributed by atoms with Gasteiger partial charge >= 0.3 is 6.09 Å². The van der Waals surface area contributed by atoms with Gasteiger partial charge in [0.2, 0.25) is 10.0 Å². The fourth-order valence-corrected chi connectivity index (χ4v) is 2.45. The maximum absolute atomic E-state index is 11.3. The van der Waals surface area contributed by atoms with Crippen LogP contribution in [0.5, 0.6) is 0 Å². The van der Waals surface area contributed by atoms with Gasteiger partial charge in [0.25, 0.3) is 0 Å². The fraction of sp³-hybridized carbons (Fsp3) is 0.833. The fourth-order valence-electron chi connectivity index (χ4n) is 1.01. The lowest BCUT2D eigenvalue weighted by atomic mass is 10.2. The number of carbonyl (C=O) groups excluding carboxylic acids is 1. The van der Waals surface area contributed by atoms with E-state index in [2.05, 4.69) is 4.74 Å².